The molecule has 1 unspecified atom stereocenters. The van der Waals surface area contributed by atoms with Crippen molar-refractivity contribution in [1.82, 2.24) is 11.0 Å². The van der Waals surface area contributed by atoms with Gasteiger partial charge in [0.2, 0.25) is 0 Å². The molecule has 0 heterocycles. The maximum Gasteiger partial charge on any atom is 0.0957 e. The first kappa shape index (κ1) is 18.6. The minimum atomic E-state index is -0.354. The molecule has 1 aliphatic carbocycles. The maximum absolute atomic E-state index is 6.02. The van der Waals surface area contributed by atoms with Gasteiger partial charge in [0.05, 0.1) is 6.17 Å². The van der Waals surface area contributed by atoms with Crippen LogP contribution >= 0.6 is 0 Å². The summed E-state index contributed by atoms with van der Waals surface area (Å²) in [6.45, 7) is 6.73. The maximum atomic E-state index is 6.02. The van der Waals surface area contributed by atoms with Gasteiger partial charge in [-0.05, 0) is 41.9 Å². The third kappa shape index (κ3) is 5.14. The predicted octanol–water partition coefficient (Wildman–Crippen LogP) is 3.78. The fourth-order valence-corrected chi connectivity index (χ4v) is 2.82. The van der Waals surface area contributed by atoms with Crippen LogP contribution in [0.4, 0.5) is 0 Å². The van der Waals surface area contributed by atoms with Crippen molar-refractivity contribution in [3.05, 3.63) is 59.7 Å². The van der Waals surface area contributed by atoms with E-state index in [-0.39, 0.29) is 6.17 Å². The summed E-state index contributed by atoms with van der Waals surface area (Å²) in [7, 11) is 0. The molecule has 0 aliphatic heterocycles. The zero-order valence-corrected chi connectivity index (χ0v) is 15.0. The van der Waals surface area contributed by atoms with Gasteiger partial charge in [-0.1, -0.05) is 74.4 Å². The fraction of sp³-hybridized carbons (Fsp3) is 0.400. The summed E-state index contributed by atoms with van der Waals surface area (Å²) in [4.78, 5) is 0. The molecule has 0 bridgehead atoms. The predicted molar refractivity (Wildman–Crippen MR) is 102 cm³/mol. The summed E-state index contributed by atoms with van der Waals surface area (Å²) in [6.07, 6.45) is 4.01. The van der Waals surface area contributed by atoms with Crippen LogP contribution < -0.4 is 22.5 Å². The number of rotatable bonds is 4. The lowest BCUT2D eigenvalue weighted by Gasteiger charge is -2.33. The second-order valence-electron chi connectivity index (χ2n) is 7.24. The first-order valence-corrected chi connectivity index (χ1v) is 8.56. The first-order chi connectivity index (χ1) is 11.4. The van der Waals surface area contributed by atoms with Crippen LogP contribution in [-0.4, -0.2) is 0 Å². The number of hydrogen-bond acceptors (Lipinski definition) is 4. The van der Waals surface area contributed by atoms with Gasteiger partial charge in [0.25, 0.3) is 0 Å². The van der Waals surface area contributed by atoms with Crippen molar-refractivity contribution in [3.63, 3.8) is 0 Å². The Hall–Kier alpha value is -1.72. The summed E-state index contributed by atoms with van der Waals surface area (Å²) in [5, 5.41) is 0. The van der Waals surface area contributed by atoms with Crippen LogP contribution in [0.2, 0.25) is 0 Å². The van der Waals surface area contributed by atoms with Crippen LogP contribution in [0.3, 0.4) is 0 Å². The highest BCUT2D eigenvalue weighted by Gasteiger charge is 2.25. The van der Waals surface area contributed by atoms with Gasteiger partial charge in [-0.3, -0.25) is 5.84 Å². The zero-order chi connectivity index (χ0) is 17.6. The van der Waals surface area contributed by atoms with E-state index in [1.807, 2.05) is 18.2 Å². The van der Waals surface area contributed by atoms with E-state index in [0.717, 1.165) is 22.1 Å². The highest BCUT2D eigenvalue weighted by atomic mass is 15.5. The molecule has 6 N–H and O–H groups in total. The average molecular weight is 326 g/mol. The second kappa shape index (κ2) is 8.40. The Labute approximate surface area is 145 Å². The molecule has 1 fully saturated rings. The lowest BCUT2D eigenvalue weighted by atomic mass is 9.72. The van der Waals surface area contributed by atoms with Crippen molar-refractivity contribution in [1.29, 1.82) is 0 Å². The molecule has 1 aliphatic rings. The molecule has 1 saturated carbocycles. The summed E-state index contributed by atoms with van der Waals surface area (Å²) in [5.41, 5.74) is 16.4. The largest absolute Gasteiger partial charge is 0.311 e. The Bertz CT molecular complexity index is 628. The van der Waals surface area contributed by atoms with Crippen LogP contribution in [-0.2, 0) is 0 Å². The van der Waals surface area contributed by atoms with Gasteiger partial charge in [-0.2, -0.15) is 5.53 Å². The van der Waals surface area contributed by atoms with Crippen molar-refractivity contribution in [2.45, 2.75) is 46.2 Å². The van der Waals surface area contributed by atoms with Crippen molar-refractivity contribution < 1.29 is 0 Å². The number of nitrogens with one attached hydrogen (secondary N) is 2. The summed E-state index contributed by atoms with van der Waals surface area (Å²) in [6, 6.07) is 16.4. The number of aryl methyl sites for hydroxylation is 1. The average Bonchev–Trinajstić information content (AvgIpc) is 2.55. The van der Waals surface area contributed by atoms with E-state index in [9.17, 15) is 0 Å². The van der Waals surface area contributed by atoms with Crippen LogP contribution in [0.5, 0.6) is 0 Å². The number of nitrogens with two attached hydrogens (primary N) is 2. The molecule has 2 aromatic carbocycles. The molecule has 0 spiro atoms. The lowest BCUT2D eigenvalue weighted by Crippen LogP contribution is -2.44. The van der Waals surface area contributed by atoms with Crippen LogP contribution in [0.1, 0.15) is 50.4 Å². The Morgan fingerprint density at radius 2 is 1.58 bits per heavy atom. The SMILES string of the molecule is CC1(C)CCC1.Cc1ccc(-c2ccccc2C(N)NNN)cc1. The van der Waals surface area contributed by atoms with Gasteiger partial charge in [-0.25, -0.2) is 5.43 Å². The molecule has 4 heteroatoms. The molecule has 24 heavy (non-hydrogen) atoms. The third-order valence-electron chi connectivity index (χ3n) is 4.60. The summed E-state index contributed by atoms with van der Waals surface area (Å²) in [5.74, 6) is 5.23. The Balaban J connectivity index is 0.000000292. The lowest BCUT2D eigenvalue weighted by molar-refractivity contribution is 0.190. The van der Waals surface area contributed by atoms with E-state index in [1.165, 1.54) is 24.8 Å². The molecule has 130 valence electrons. The van der Waals surface area contributed by atoms with Crippen LogP contribution in [0.25, 0.3) is 11.1 Å². The minimum absolute atomic E-state index is 0.354. The Morgan fingerprint density at radius 1 is 1.00 bits per heavy atom. The topological polar surface area (TPSA) is 76.1 Å². The number of hydrogen-bond donors (Lipinski definition) is 4. The van der Waals surface area contributed by atoms with E-state index in [1.54, 1.807) is 0 Å². The molecule has 4 nitrogen and oxygen atoms in total. The Kier molecular flexibility index (Phi) is 6.52. The van der Waals surface area contributed by atoms with Gasteiger partial charge in [0.1, 0.15) is 0 Å². The quantitative estimate of drug-likeness (QED) is 0.392. The van der Waals surface area contributed by atoms with E-state index >= 15 is 0 Å². The highest BCUT2D eigenvalue weighted by molar-refractivity contribution is 5.68. The normalized spacial score (nSPS) is 16.5. The smallest absolute Gasteiger partial charge is 0.0957 e. The molecule has 0 aromatic heterocycles. The molecule has 0 amide bonds. The fourth-order valence-electron chi connectivity index (χ4n) is 2.82. The van der Waals surface area contributed by atoms with Gasteiger partial charge in [0, 0.05) is 0 Å². The first-order valence-electron chi connectivity index (χ1n) is 8.56. The standard InChI is InChI=1S/C14H18N4.C6H12/c1-10-6-8-11(9-7-10)12-4-2-3-5-13(12)14(15)17-18-16;1-6(2)4-3-5-6/h2-9,14,17-18H,15-16H2,1H3;3-5H2,1-2H3. The van der Waals surface area contributed by atoms with E-state index in [2.05, 4.69) is 62.1 Å². The van der Waals surface area contributed by atoms with Crippen molar-refractivity contribution in [2.24, 2.45) is 17.0 Å². The highest BCUT2D eigenvalue weighted by Crippen LogP contribution is 2.38. The second-order valence-corrected chi connectivity index (χ2v) is 7.24. The molecular formula is C20H30N4. The molecular weight excluding hydrogens is 296 g/mol. The van der Waals surface area contributed by atoms with Crippen molar-refractivity contribution >= 4 is 0 Å². The molecule has 0 radical (unpaired) electrons. The van der Waals surface area contributed by atoms with Gasteiger partial charge < -0.3 is 5.73 Å². The van der Waals surface area contributed by atoms with Crippen molar-refractivity contribution in [2.75, 3.05) is 0 Å². The van der Waals surface area contributed by atoms with E-state index in [4.69, 9.17) is 11.6 Å². The summed E-state index contributed by atoms with van der Waals surface area (Å²) < 4.78 is 0. The zero-order valence-electron chi connectivity index (χ0n) is 15.0. The van der Waals surface area contributed by atoms with E-state index < -0.39 is 0 Å². The summed E-state index contributed by atoms with van der Waals surface area (Å²) >= 11 is 0. The van der Waals surface area contributed by atoms with Gasteiger partial charge in [-0.15, -0.1) is 0 Å². The molecule has 2 aromatic rings. The monoisotopic (exact) mass is 326 g/mol. The molecule has 0 saturated heterocycles. The number of benzene rings is 2. The van der Waals surface area contributed by atoms with Gasteiger partial charge >= 0.3 is 0 Å². The molecule has 1 atom stereocenters. The third-order valence-corrected chi connectivity index (χ3v) is 4.60. The Morgan fingerprint density at radius 3 is 2.08 bits per heavy atom. The van der Waals surface area contributed by atoms with E-state index in [0.29, 0.717) is 0 Å². The van der Waals surface area contributed by atoms with Crippen molar-refractivity contribution in [3.8, 4) is 11.1 Å². The van der Waals surface area contributed by atoms with Crippen LogP contribution in [0.15, 0.2) is 48.5 Å². The van der Waals surface area contributed by atoms with Gasteiger partial charge in [0.15, 0.2) is 0 Å². The number of hydrazine groups is 2. The van der Waals surface area contributed by atoms with Crippen LogP contribution in [0, 0.1) is 12.3 Å². The molecule has 3 rings (SSSR count). The minimum Gasteiger partial charge on any atom is -0.311 e.